The summed E-state index contributed by atoms with van der Waals surface area (Å²) in [5.41, 5.74) is 2.39. The Morgan fingerprint density at radius 1 is 1.27 bits per heavy atom. The second-order valence-electron chi connectivity index (χ2n) is 7.21. The first-order valence-electron chi connectivity index (χ1n) is 10.1. The molecule has 1 aromatic heterocycles. The van der Waals surface area contributed by atoms with Crippen LogP contribution < -0.4 is 19.6 Å². The monoisotopic (exact) mass is 638 g/mol. The van der Waals surface area contributed by atoms with Crippen molar-refractivity contribution in [1.82, 2.24) is 4.57 Å². The van der Waals surface area contributed by atoms with Gasteiger partial charge in [-0.05, 0) is 52.8 Å². The van der Waals surface area contributed by atoms with Gasteiger partial charge in [0.2, 0.25) is 0 Å². The van der Waals surface area contributed by atoms with Gasteiger partial charge in [0, 0.05) is 10.0 Å². The van der Waals surface area contributed by atoms with Crippen LogP contribution in [-0.4, -0.2) is 24.8 Å². The van der Waals surface area contributed by atoms with Gasteiger partial charge in [0.05, 0.1) is 39.6 Å². The Bertz CT molecular complexity index is 1440. The van der Waals surface area contributed by atoms with Crippen LogP contribution in [0, 0.1) is 3.57 Å². The van der Waals surface area contributed by atoms with Gasteiger partial charge in [0.15, 0.2) is 4.80 Å². The van der Waals surface area contributed by atoms with Crippen LogP contribution in [0.1, 0.15) is 30.5 Å². The number of benzene rings is 2. The number of ether oxygens (including phenoxy) is 2. The Morgan fingerprint density at radius 2 is 2.00 bits per heavy atom. The molecule has 0 saturated heterocycles. The fourth-order valence-corrected chi connectivity index (χ4v) is 6.64. The minimum atomic E-state index is -0.614. The molecule has 1 aliphatic rings. The van der Waals surface area contributed by atoms with E-state index in [1.807, 2.05) is 55.5 Å². The minimum Gasteiger partial charge on any atom is -0.495 e. The Kier molecular flexibility index (Phi) is 7.20. The maximum atomic E-state index is 13.7. The normalized spacial score (nSPS) is 15.8. The highest BCUT2D eigenvalue weighted by Crippen LogP contribution is 2.32. The molecule has 2 aromatic carbocycles. The Labute approximate surface area is 216 Å². The summed E-state index contributed by atoms with van der Waals surface area (Å²) in [6, 6.07) is 12.7. The predicted octanol–water partition coefficient (Wildman–Crippen LogP) is 4.17. The summed E-state index contributed by atoms with van der Waals surface area (Å²) in [5.74, 6) is 0.204. The van der Waals surface area contributed by atoms with Crippen LogP contribution >= 0.6 is 49.9 Å². The molecule has 2 heterocycles. The van der Waals surface area contributed by atoms with Gasteiger partial charge >= 0.3 is 5.97 Å². The van der Waals surface area contributed by atoms with E-state index in [0.29, 0.717) is 32.8 Å². The number of thiazole rings is 1. The van der Waals surface area contributed by atoms with Gasteiger partial charge in [-0.25, -0.2) is 9.79 Å². The van der Waals surface area contributed by atoms with Crippen molar-refractivity contribution in [3.05, 3.63) is 92.6 Å². The van der Waals surface area contributed by atoms with Crippen LogP contribution in [0.15, 0.2) is 68.0 Å². The third-order valence-electron chi connectivity index (χ3n) is 5.29. The minimum absolute atomic E-state index is 0.221. The number of allylic oxidation sites excluding steroid dienone is 1. The summed E-state index contributed by atoms with van der Waals surface area (Å²) in [4.78, 5) is 31.7. The maximum absolute atomic E-state index is 13.7. The molecule has 0 saturated carbocycles. The summed E-state index contributed by atoms with van der Waals surface area (Å²) >= 11 is 7.01. The van der Waals surface area contributed by atoms with Gasteiger partial charge in [-0.1, -0.05) is 64.5 Å². The summed E-state index contributed by atoms with van der Waals surface area (Å²) < 4.78 is 14.6. The second kappa shape index (κ2) is 9.94. The molecular formula is C24H20BrIN2O4S. The number of fused-ring (bicyclic) bond motifs is 1. The molecule has 0 radical (unpaired) electrons. The average Bonchev–Trinajstić information content (AvgIpc) is 3.12. The Hall–Kier alpha value is -2.24. The van der Waals surface area contributed by atoms with Gasteiger partial charge in [0.1, 0.15) is 5.75 Å². The number of halogens is 2. The van der Waals surface area contributed by atoms with E-state index in [0.717, 1.165) is 19.2 Å². The molecule has 1 aliphatic heterocycles. The van der Waals surface area contributed by atoms with E-state index in [9.17, 15) is 9.59 Å². The van der Waals surface area contributed by atoms with Crippen molar-refractivity contribution < 1.29 is 14.3 Å². The average molecular weight is 639 g/mol. The van der Waals surface area contributed by atoms with Gasteiger partial charge in [-0.3, -0.25) is 9.36 Å². The number of carbonyl (C=O) groups excluding carboxylic acids is 1. The maximum Gasteiger partial charge on any atom is 0.338 e. The zero-order chi connectivity index (χ0) is 23.7. The molecule has 1 atom stereocenters. The number of nitrogens with zero attached hydrogens (tertiary/aromatic N) is 2. The first kappa shape index (κ1) is 23.9. The first-order valence-corrected chi connectivity index (χ1v) is 12.8. The van der Waals surface area contributed by atoms with Crippen molar-refractivity contribution >= 4 is 61.9 Å². The van der Waals surface area contributed by atoms with E-state index in [-0.39, 0.29) is 5.56 Å². The molecule has 0 fully saturated rings. The fourth-order valence-electron chi connectivity index (χ4n) is 3.86. The molecule has 0 spiro atoms. The summed E-state index contributed by atoms with van der Waals surface area (Å²) in [6.45, 7) is 1.94. The third-order valence-corrected chi connectivity index (χ3v) is 7.54. The van der Waals surface area contributed by atoms with Crippen molar-refractivity contribution in [2.24, 2.45) is 4.99 Å². The molecule has 6 nitrogen and oxygen atoms in total. The van der Waals surface area contributed by atoms with Crippen LogP contribution in [0.4, 0.5) is 0 Å². The molecule has 9 heteroatoms. The number of methoxy groups -OCH3 is 2. The standard InChI is InChI=1S/C24H20BrIN2O4S/c1-4-17-19(23(30)32-3)20(13-8-6-5-7-9-13)28-22(29)18(33-24(28)27-17)11-14-10-15(25)12-16(26)21(14)31-2/h5-12,20H,4H2,1-3H3/b18-11+/t20-/m0/s1. The van der Waals surface area contributed by atoms with Crippen molar-refractivity contribution in [2.45, 2.75) is 19.4 Å². The van der Waals surface area contributed by atoms with Crippen LogP contribution in [0.5, 0.6) is 5.75 Å². The van der Waals surface area contributed by atoms with E-state index < -0.39 is 12.0 Å². The highest BCUT2D eigenvalue weighted by molar-refractivity contribution is 14.1. The molecule has 0 aliphatic carbocycles. The lowest BCUT2D eigenvalue weighted by Gasteiger charge is -2.25. The summed E-state index contributed by atoms with van der Waals surface area (Å²) in [7, 11) is 2.95. The van der Waals surface area contributed by atoms with Crippen LogP contribution in [0.25, 0.3) is 6.08 Å². The van der Waals surface area contributed by atoms with Gasteiger partial charge in [0.25, 0.3) is 5.56 Å². The lowest BCUT2D eigenvalue weighted by Crippen LogP contribution is -2.40. The summed E-state index contributed by atoms with van der Waals surface area (Å²) in [5, 5.41) is 0. The fraction of sp³-hybridized carbons (Fsp3) is 0.208. The van der Waals surface area contributed by atoms with Crippen LogP contribution in [-0.2, 0) is 9.53 Å². The highest BCUT2D eigenvalue weighted by Gasteiger charge is 2.33. The molecule has 0 bridgehead atoms. The van der Waals surface area contributed by atoms with Crippen molar-refractivity contribution in [3.8, 4) is 5.75 Å². The van der Waals surface area contributed by atoms with Crippen molar-refractivity contribution in [1.29, 1.82) is 0 Å². The largest absolute Gasteiger partial charge is 0.495 e. The predicted molar refractivity (Wildman–Crippen MR) is 140 cm³/mol. The summed E-state index contributed by atoms with van der Waals surface area (Å²) in [6.07, 6.45) is 2.35. The van der Waals surface area contributed by atoms with Crippen LogP contribution in [0.3, 0.4) is 0 Å². The number of rotatable bonds is 5. The lowest BCUT2D eigenvalue weighted by atomic mass is 9.95. The van der Waals surface area contributed by atoms with Crippen molar-refractivity contribution in [2.75, 3.05) is 14.2 Å². The first-order chi connectivity index (χ1) is 15.9. The van der Waals surface area contributed by atoms with Crippen molar-refractivity contribution in [3.63, 3.8) is 0 Å². The Balaban J connectivity index is 2.03. The zero-order valence-corrected chi connectivity index (χ0v) is 22.7. The van der Waals surface area contributed by atoms with E-state index in [1.165, 1.54) is 18.4 Å². The Morgan fingerprint density at radius 3 is 2.64 bits per heavy atom. The number of carbonyl (C=O) groups is 1. The van der Waals surface area contributed by atoms with Gasteiger partial charge in [-0.2, -0.15) is 0 Å². The smallest absolute Gasteiger partial charge is 0.338 e. The van der Waals surface area contributed by atoms with Gasteiger partial charge in [-0.15, -0.1) is 0 Å². The molecule has 3 aromatic rings. The quantitative estimate of drug-likeness (QED) is 0.311. The molecule has 4 rings (SSSR count). The number of hydrogen-bond donors (Lipinski definition) is 0. The SMILES string of the molecule is CCC1=C(C(=O)OC)[C@H](c2ccccc2)n2c(s/c(=C/c3cc(Br)cc(I)c3OC)c2=O)=N1. The van der Waals surface area contributed by atoms with E-state index in [4.69, 9.17) is 9.47 Å². The lowest BCUT2D eigenvalue weighted by molar-refractivity contribution is -0.136. The van der Waals surface area contributed by atoms with Crippen LogP contribution in [0.2, 0.25) is 0 Å². The molecule has 170 valence electrons. The van der Waals surface area contributed by atoms with E-state index >= 15 is 0 Å². The highest BCUT2D eigenvalue weighted by atomic mass is 127. The molecule has 33 heavy (non-hydrogen) atoms. The number of hydrogen-bond acceptors (Lipinski definition) is 6. The molecular weight excluding hydrogens is 619 g/mol. The number of aromatic nitrogens is 1. The molecule has 0 N–H and O–H groups in total. The van der Waals surface area contributed by atoms with E-state index in [2.05, 4.69) is 43.5 Å². The van der Waals surface area contributed by atoms with E-state index in [1.54, 1.807) is 11.7 Å². The number of esters is 1. The molecule has 0 amide bonds. The zero-order valence-electron chi connectivity index (χ0n) is 18.1. The van der Waals surface area contributed by atoms with Gasteiger partial charge < -0.3 is 9.47 Å². The topological polar surface area (TPSA) is 69.9 Å². The third kappa shape index (κ3) is 4.45. The second-order valence-corrected chi connectivity index (χ2v) is 10.3. The molecule has 0 unspecified atom stereocenters.